The van der Waals surface area contributed by atoms with Gasteiger partial charge in [0.1, 0.15) is 23.2 Å². The summed E-state index contributed by atoms with van der Waals surface area (Å²) >= 11 is 4.29. The molecule has 126 valence electrons. The molecule has 1 aliphatic rings. The Hall–Kier alpha value is -1.21. The summed E-state index contributed by atoms with van der Waals surface area (Å²) in [5.74, 6) is 2.57. The van der Waals surface area contributed by atoms with E-state index in [-0.39, 0.29) is 0 Å². The smallest absolute Gasteiger partial charge is 0.114 e. The number of hydrogen-bond acceptors (Lipinski definition) is 2. The molecular weight excluding hydrogens is 359 g/mol. The summed E-state index contributed by atoms with van der Waals surface area (Å²) in [6.45, 7) is 0. The van der Waals surface area contributed by atoms with Gasteiger partial charge >= 0.3 is 0 Å². The third kappa shape index (κ3) is 3.53. The van der Waals surface area contributed by atoms with Gasteiger partial charge < -0.3 is 0 Å². The molecule has 0 atom stereocenters. The van der Waals surface area contributed by atoms with E-state index in [4.69, 9.17) is 0 Å². The first-order valence-corrected chi connectivity index (χ1v) is 12.7. The molecule has 4 rings (SSSR count). The van der Waals surface area contributed by atoms with E-state index in [0.29, 0.717) is 4.58 Å². The van der Waals surface area contributed by atoms with Crippen molar-refractivity contribution in [3.05, 3.63) is 91.0 Å². The van der Waals surface area contributed by atoms with E-state index in [9.17, 15) is 0 Å². The fourth-order valence-corrected chi connectivity index (χ4v) is 12.0. The largest absolute Gasteiger partial charge is 0.143 e. The summed E-state index contributed by atoms with van der Waals surface area (Å²) < 4.78 is 0.689. The minimum atomic E-state index is -1.64. The third-order valence-corrected chi connectivity index (χ3v) is 12.7. The lowest BCUT2D eigenvalue weighted by Gasteiger charge is -2.29. The number of thioether (sulfide) groups is 2. The summed E-state index contributed by atoms with van der Waals surface area (Å²) in [6.07, 6.45) is 1.24. The predicted octanol–water partition coefficient (Wildman–Crippen LogP) is 4.79. The van der Waals surface area contributed by atoms with Crippen LogP contribution in [-0.2, 0) is 0 Å². The highest BCUT2D eigenvalue weighted by Crippen LogP contribution is 2.58. The maximum Gasteiger partial charge on any atom is 0.114 e. The van der Waals surface area contributed by atoms with Crippen molar-refractivity contribution in [2.24, 2.45) is 0 Å². The molecule has 1 saturated heterocycles. The van der Waals surface area contributed by atoms with Crippen LogP contribution in [0.3, 0.4) is 0 Å². The molecule has 1 fully saturated rings. The van der Waals surface area contributed by atoms with Crippen LogP contribution in [0.25, 0.3) is 0 Å². The van der Waals surface area contributed by atoms with Crippen LogP contribution in [0.4, 0.5) is 0 Å². The summed E-state index contributed by atoms with van der Waals surface area (Å²) in [7, 11) is -1.64. The summed E-state index contributed by atoms with van der Waals surface area (Å²) in [5.41, 5.74) is 0. The second-order valence-electron chi connectivity index (χ2n) is 6.17. The zero-order valence-corrected chi connectivity index (χ0v) is 16.7. The fourth-order valence-electron chi connectivity index (χ4n) is 3.55. The molecule has 0 amide bonds. The molecule has 0 saturated carbocycles. The Balaban J connectivity index is 1.93. The Morgan fingerprint density at radius 2 is 0.960 bits per heavy atom. The lowest BCUT2D eigenvalue weighted by atomic mass is 10.4. The molecule has 0 aliphatic carbocycles. The van der Waals surface area contributed by atoms with E-state index in [2.05, 4.69) is 115 Å². The van der Waals surface area contributed by atoms with Gasteiger partial charge in [0.2, 0.25) is 0 Å². The van der Waals surface area contributed by atoms with Gasteiger partial charge in [-0.05, 0) is 36.4 Å². The second kappa shape index (κ2) is 7.99. The number of rotatable bonds is 5. The minimum absolute atomic E-state index is 0.689. The highest BCUT2D eigenvalue weighted by Gasteiger charge is 2.47. The SMILES string of the molecule is c1ccc([P+](CC2SCCS2)(c2ccccc2)c2ccccc2)cc1. The van der Waals surface area contributed by atoms with Crippen molar-refractivity contribution in [2.45, 2.75) is 4.58 Å². The van der Waals surface area contributed by atoms with Crippen LogP contribution in [0.5, 0.6) is 0 Å². The average Bonchev–Trinajstić information content (AvgIpc) is 3.21. The van der Waals surface area contributed by atoms with E-state index >= 15 is 0 Å². The van der Waals surface area contributed by atoms with Crippen LogP contribution in [0.1, 0.15) is 0 Å². The molecule has 1 heterocycles. The summed E-state index contributed by atoms with van der Waals surface area (Å²) in [6, 6.07) is 33.7. The third-order valence-electron chi connectivity index (χ3n) is 4.70. The van der Waals surface area contributed by atoms with Crippen molar-refractivity contribution in [1.82, 2.24) is 0 Å². The molecule has 3 aromatic carbocycles. The number of benzene rings is 3. The van der Waals surface area contributed by atoms with Crippen LogP contribution in [-0.4, -0.2) is 22.2 Å². The van der Waals surface area contributed by atoms with Gasteiger partial charge in [0.25, 0.3) is 0 Å². The predicted molar refractivity (Wildman–Crippen MR) is 119 cm³/mol. The van der Waals surface area contributed by atoms with Crippen LogP contribution in [0.15, 0.2) is 91.0 Å². The van der Waals surface area contributed by atoms with Crippen LogP contribution < -0.4 is 15.9 Å². The monoisotopic (exact) mass is 381 g/mol. The maximum absolute atomic E-state index is 2.35. The van der Waals surface area contributed by atoms with Crippen LogP contribution in [0, 0.1) is 0 Å². The van der Waals surface area contributed by atoms with E-state index in [0.717, 1.165) is 0 Å². The van der Waals surface area contributed by atoms with E-state index in [1.807, 2.05) is 0 Å². The Kier molecular flexibility index (Phi) is 5.51. The first-order chi connectivity index (χ1) is 12.4. The van der Waals surface area contributed by atoms with Gasteiger partial charge in [0.15, 0.2) is 0 Å². The lowest BCUT2D eigenvalue weighted by molar-refractivity contribution is 1.43. The molecule has 0 bridgehead atoms. The van der Waals surface area contributed by atoms with E-state index in [1.54, 1.807) is 0 Å². The molecule has 0 spiro atoms. The first kappa shape index (κ1) is 17.2. The second-order valence-corrected chi connectivity index (χ2v) is 12.6. The highest BCUT2D eigenvalue weighted by molar-refractivity contribution is 8.20. The van der Waals surface area contributed by atoms with Gasteiger partial charge in [-0.15, -0.1) is 23.5 Å². The average molecular weight is 382 g/mol. The molecule has 0 nitrogen and oxygen atoms in total. The standard InChI is InChI=1S/C22H22PS2/c1-4-10-19(11-5-1)23(18-22-24-16-17-25-22,20-12-6-2-7-13-20)21-14-8-3-9-15-21/h1-15,22H,16-18H2/q+1. The Bertz CT molecular complexity index is 687. The van der Waals surface area contributed by atoms with Gasteiger partial charge in [0.05, 0.1) is 10.7 Å². The van der Waals surface area contributed by atoms with Crippen molar-refractivity contribution < 1.29 is 0 Å². The lowest BCUT2D eigenvalue weighted by Crippen LogP contribution is -2.35. The zero-order chi connectivity index (χ0) is 17.0. The molecule has 3 aromatic rings. The van der Waals surface area contributed by atoms with Crippen LogP contribution in [0.2, 0.25) is 0 Å². The quantitative estimate of drug-likeness (QED) is 0.583. The normalized spacial score (nSPS) is 15.4. The van der Waals surface area contributed by atoms with Gasteiger partial charge in [-0.3, -0.25) is 0 Å². The Morgan fingerprint density at radius 3 is 1.32 bits per heavy atom. The Morgan fingerprint density at radius 1 is 0.600 bits per heavy atom. The zero-order valence-electron chi connectivity index (χ0n) is 14.1. The van der Waals surface area contributed by atoms with E-state index in [1.165, 1.54) is 33.6 Å². The van der Waals surface area contributed by atoms with Crippen LogP contribution >= 0.6 is 30.8 Å². The van der Waals surface area contributed by atoms with Gasteiger partial charge in [-0.2, -0.15) is 0 Å². The molecule has 1 aliphatic heterocycles. The van der Waals surface area contributed by atoms with Crippen molar-refractivity contribution in [3.63, 3.8) is 0 Å². The fraction of sp³-hybridized carbons (Fsp3) is 0.182. The van der Waals surface area contributed by atoms with Crippen molar-refractivity contribution >= 4 is 46.7 Å². The first-order valence-electron chi connectivity index (χ1n) is 8.68. The molecule has 0 radical (unpaired) electrons. The highest BCUT2D eigenvalue weighted by atomic mass is 32.2. The molecule has 3 heteroatoms. The molecule has 25 heavy (non-hydrogen) atoms. The maximum atomic E-state index is 2.35. The molecular formula is C22H22PS2+. The topological polar surface area (TPSA) is 0 Å². The summed E-state index contributed by atoms with van der Waals surface area (Å²) in [5, 5.41) is 4.50. The van der Waals surface area contributed by atoms with Crippen molar-refractivity contribution in [3.8, 4) is 0 Å². The van der Waals surface area contributed by atoms with Crippen molar-refractivity contribution in [1.29, 1.82) is 0 Å². The molecule has 0 unspecified atom stereocenters. The van der Waals surface area contributed by atoms with Gasteiger partial charge in [-0.1, -0.05) is 54.6 Å². The minimum Gasteiger partial charge on any atom is -0.143 e. The number of hydrogen-bond donors (Lipinski definition) is 0. The molecule has 0 N–H and O–H groups in total. The van der Waals surface area contributed by atoms with E-state index < -0.39 is 7.26 Å². The molecule has 0 aromatic heterocycles. The van der Waals surface area contributed by atoms with Gasteiger partial charge in [0, 0.05) is 11.5 Å². The van der Waals surface area contributed by atoms with Gasteiger partial charge in [-0.25, -0.2) is 0 Å². The summed E-state index contributed by atoms with van der Waals surface area (Å²) in [4.78, 5) is 0. The Labute approximate surface area is 159 Å². The van der Waals surface area contributed by atoms with Crippen molar-refractivity contribution in [2.75, 3.05) is 17.7 Å².